The maximum absolute atomic E-state index is 10.9. The van der Waals surface area contributed by atoms with Crippen molar-refractivity contribution in [3.8, 4) is 0 Å². The van der Waals surface area contributed by atoms with E-state index in [0.717, 1.165) is 0 Å². The summed E-state index contributed by atoms with van der Waals surface area (Å²) >= 11 is 5.10. The highest BCUT2D eigenvalue weighted by molar-refractivity contribution is 6.63. The average Bonchev–Trinajstić information content (AvgIpc) is 2.22. The van der Waals surface area contributed by atoms with Gasteiger partial charge in [0.05, 0.1) is 39.5 Å². The van der Waals surface area contributed by atoms with Gasteiger partial charge in [-0.3, -0.25) is 9.59 Å². The molecule has 0 aliphatic heterocycles. The second kappa shape index (κ2) is 10.9. The smallest absolute Gasteiger partial charge is 0.308 e. The molecule has 0 rings (SSSR count). The maximum atomic E-state index is 10.9. The van der Waals surface area contributed by atoms with Crippen LogP contribution in [0.4, 0.5) is 0 Å². The molecule has 0 aromatic carbocycles. The summed E-state index contributed by atoms with van der Waals surface area (Å²) in [5, 5.41) is -0.414. The van der Waals surface area contributed by atoms with Crippen LogP contribution in [0.1, 0.15) is 19.8 Å². The molecule has 0 aliphatic carbocycles. The molecule has 0 N–H and O–H groups in total. The van der Waals surface area contributed by atoms with E-state index in [9.17, 15) is 9.59 Å². The lowest BCUT2D eigenvalue weighted by atomic mass is 10.5. The molecule has 0 bridgehead atoms. The molecule has 0 amide bonds. The molecule has 0 atom stereocenters. The molecule has 0 aromatic heterocycles. The first kappa shape index (κ1) is 15.3. The molecule has 0 radical (unpaired) electrons. The fraction of sp³-hybridized carbons (Fsp3) is 0.800. The lowest BCUT2D eigenvalue weighted by Crippen LogP contribution is -2.11. The second-order valence-corrected chi connectivity index (χ2v) is 3.31. The van der Waals surface area contributed by atoms with E-state index in [1.54, 1.807) is 6.92 Å². The Kier molecular flexibility index (Phi) is 10.4. The molecule has 5 nitrogen and oxygen atoms in total. The number of carbonyl (C=O) groups excluding carboxylic acids is 2. The van der Waals surface area contributed by atoms with Gasteiger partial charge in [0.2, 0.25) is 5.24 Å². The lowest BCUT2D eigenvalue weighted by molar-refractivity contribution is -0.144. The average molecular weight is 253 g/mol. The Morgan fingerprint density at radius 2 is 1.56 bits per heavy atom. The molecule has 94 valence electrons. The number of carbonyl (C=O) groups is 2. The van der Waals surface area contributed by atoms with Gasteiger partial charge < -0.3 is 14.2 Å². The van der Waals surface area contributed by atoms with Gasteiger partial charge in [-0.2, -0.15) is 0 Å². The molecular weight excluding hydrogens is 236 g/mol. The van der Waals surface area contributed by atoms with Gasteiger partial charge in [0.1, 0.15) is 0 Å². The van der Waals surface area contributed by atoms with Crippen LogP contribution in [0.5, 0.6) is 0 Å². The van der Waals surface area contributed by atoms with E-state index in [2.05, 4.69) is 0 Å². The third-order valence-corrected chi connectivity index (χ3v) is 1.76. The van der Waals surface area contributed by atoms with Gasteiger partial charge >= 0.3 is 5.97 Å². The van der Waals surface area contributed by atoms with Crippen LogP contribution in [0.15, 0.2) is 0 Å². The Morgan fingerprint density at radius 3 is 2.06 bits per heavy atom. The molecule has 0 heterocycles. The van der Waals surface area contributed by atoms with E-state index in [4.69, 9.17) is 25.8 Å². The number of rotatable bonds is 10. The van der Waals surface area contributed by atoms with E-state index in [-0.39, 0.29) is 18.8 Å². The first-order valence-corrected chi connectivity index (χ1v) is 5.54. The molecule has 0 saturated carbocycles. The van der Waals surface area contributed by atoms with Crippen molar-refractivity contribution in [1.29, 1.82) is 0 Å². The zero-order valence-corrected chi connectivity index (χ0v) is 10.1. The summed E-state index contributed by atoms with van der Waals surface area (Å²) in [5.74, 6) is -0.267. The van der Waals surface area contributed by atoms with Crippen molar-refractivity contribution in [2.45, 2.75) is 19.8 Å². The molecule has 0 saturated heterocycles. The van der Waals surface area contributed by atoms with Gasteiger partial charge in [0, 0.05) is 6.42 Å². The monoisotopic (exact) mass is 252 g/mol. The van der Waals surface area contributed by atoms with E-state index in [0.29, 0.717) is 33.0 Å². The van der Waals surface area contributed by atoms with Gasteiger partial charge in [-0.1, -0.05) is 0 Å². The van der Waals surface area contributed by atoms with Crippen molar-refractivity contribution in [2.24, 2.45) is 0 Å². The van der Waals surface area contributed by atoms with Crippen LogP contribution in [0.25, 0.3) is 0 Å². The number of hydrogen-bond donors (Lipinski definition) is 0. The SMILES string of the molecule is CCOC(=O)CCOCCOCCC(=O)Cl. The van der Waals surface area contributed by atoms with Crippen molar-refractivity contribution in [2.75, 3.05) is 33.0 Å². The number of hydrogen-bond acceptors (Lipinski definition) is 5. The van der Waals surface area contributed by atoms with Crippen LogP contribution in [0, 0.1) is 0 Å². The highest BCUT2D eigenvalue weighted by Crippen LogP contribution is 1.91. The second-order valence-electron chi connectivity index (χ2n) is 2.88. The van der Waals surface area contributed by atoms with E-state index < -0.39 is 5.24 Å². The van der Waals surface area contributed by atoms with Crippen LogP contribution >= 0.6 is 11.6 Å². The predicted molar refractivity (Wildman–Crippen MR) is 58.4 cm³/mol. The van der Waals surface area contributed by atoms with Gasteiger partial charge in [-0.25, -0.2) is 0 Å². The highest BCUT2D eigenvalue weighted by atomic mass is 35.5. The minimum atomic E-state index is -0.414. The third-order valence-electron chi connectivity index (χ3n) is 1.57. The summed E-state index contributed by atoms with van der Waals surface area (Å²) in [6.45, 7) is 3.52. The summed E-state index contributed by atoms with van der Waals surface area (Å²) in [6, 6.07) is 0. The quantitative estimate of drug-likeness (QED) is 0.331. The van der Waals surface area contributed by atoms with Gasteiger partial charge in [-0.15, -0.1) is 0 Å². The van der Waals surface area contributed by atoms with Crippen LogP contribution in [-0.2, 0) is 23.8 Å². The fourth-order valence-electron chi connectivity index (χ4n) is 0.863. The van der Waals surface area contributed by atoms with Crippen LogP contribution in [-0.4, -0.2) is 44.2 Å². The van der Waals surface area contributed by atoms with Crippen LogP contribution in [0.3, 0.4) is 0 Å². The zero-order valence-electron chi connectivity index (χ0n) is 9.37. The van der Waals surface area contributed by atoms with E-state index >= 15 is 0 Å². The van der Waals surface area contributed by atoms with Gasteiger partial charge in [-0.05, 0) is 18.5 Å². The molecule has 0 fully saturated rings. The Morgan fingerprint density at radius 1 is 1.00 bits per heavy atom. The summed E-state index contributed by atoms with van der Waals surface area (Å²) in [4.78, 5) is 21.2. The minimum Gasteiger partial charge on any atom is -0.466 e. The summed E-state index contributed by atoms with van der Waals surface area (Å²) in [6.07, 6.45) is 0.443. The minimum absolute atomic E-state index is 0.199. The normalized spacial score (nSPS) is 10.1. The Hall–Kier alpha value is -0.650. The Bertz CT molecular complexity index is 207. The highest BCUT2D eigenvalue weighted by Gasteiger charge is 2.00. The van der Waals surface area contributed by atoms with Crippen LogP contribution in [0.2, 0.25) is 0 Å². The predicted octanol–water partition coefficient (Wildman–Crippen LogP) is 1.13. The van der Waals surface area contributed by atoms with Crippen molar-refractivity contribution in [1.82, 2.24) is 0 Å². The Balaban J connectivity index is 3.09. The van der Waals surface area contributed by atoms with Crippen molar-refractivity contribution in [3.63, 3.8) is 0 Å². The standard InChI is InChI=1S/C10H17ClO5/c1-2-16-10(13)4-6-15-8-7-14-5-3-9(11)12/h2-8H2,1H3. The van der Waals surface area contributed by atoms with Crippen LogP contribution < -0.4 is 0 Å². The molecule has 6 heteroatoms. The fourth-order valence-corrected chi connectivity index (χ4v) is 0.940. The topological polar surface area (TPSA) is 61.8 Å². The number of halogens is 1. The first-order chi connectivity index (χ1) is 7.66. The molecule has 0 aromatic rings. The summed E-state index contributed by atoms with van der Waals surface area (Å²) in [7, 11) is 0. The molecule has 0 aliphatic rings. The Labute approximate surface area is 100.0 Å². The van der Waals surface area contributed by atoms with Crippen molar-refractivity contribution >= 4 is 22.8 Å². The lowest BCUT2D eigenvalue weighted by Gasteiger charge is -2.04. The maximum Gasteiger partial charge on any atom is 0.308 e. The van der Waals surface area contributed by atoms with E-state index in [1.807, 2.05) is 0 Å². The van der Waals surface area contributed by atoms with Crippen molar-refractivity contribution < 1.29 is 23.8 Å². The summed E-state index contributed by atoms with van der Waals surface area (Å²) in [5.41, 5.74) is 0. The largest absolute Gasteiger partial charge is 0.466 e. The van der Waals surface area contributed by atoms with Crippen molar-refractivity contribution in [3.05, 3.63) is 0 Å². The first-order valence-electron chi connectivity index (χ1n) is 5.16. The molecule has 0 spiro atoms. The van der Waals surface area contributed by atoms with E-state index in [1.165, 1.54) is 0 Å². The van der Waals surface area contributed by atoms with Gasteiger partial charge in [0.15, 0.2) is 0 Å². The molecule has 0 unspecified atom stereocenters. The molecule has 16 heavy (non-hydrogen) atoms. The number of ether oxygens (including phenoxy) is 3. The number of esters is 1. The zero-order chi connectivity index (χ0) is 12.2. The van der Waals surface area contributed by atoms with Gasteiger partial charge in [0.25, 0.3) is 0 Å². The molecular formula is C10H17ClO5. The third kappa shape index (κ3) is 11.4. The summed E-state index contributed by atoms with van der Waals surface area (Å²) < 4.78 is 14.9.